The number of thioether (sulfide) groups is 2. The lowest BCUT2D eigenvalue weighted by Crippen LogP contribution is -2.14. The average molecular weight is 465 g/mol. The molecule has 0 saturated heterocycles. The van der Waals surface area contributed by atoms with Gasteiger partial charge in [-0.25, -0.2) is 0 Å². The quantitative estimate of drug-likeness (QED) is 0.285. The number of carbonyl (C=O) groups excluding carboxylic acids is 2. The van der Waals surface area contributed by atoms with Crippen LogP contribution in [0.1, 0.15) is 17.5 Å². The third-order valence-electron chi connectivity index (χ3n) is 3.48. The molecular weight excluding hydrogens is 444 g/mol. The Morgan fingerprint density at radius 3 is 1.45 bits per heavy atom. The van der Waals surface area contributed by atoms with Crippen LogP contribution in [0.4, 0.5) is 0 Å². The highest BCUT2D eigenvalue weighted by Crippen LogP contribution is 2.15. The van der Waals surface area contributed by atoms with E-state index in [1.165, 1.54) is 23.5 Å². The van der Waals surface area contributed by atoms with Gasteiger partial charge in [0.25, 0.3) is 0 Å². The maximum Gasteiger partial charge on any atom is 0.316 e. The van der Waals surface area contributed by atoms with Gasteiger partial charge in [0.05, 0.1) is 33.1 Å². The van der Waals surface area contributed by atoms with Gasteiger partial charge >= 0.3 is 11.9 Å². The SMILES string of the molecule is O=C(CSC(=S)c1ccccc1)OCCCOC(=O)CSC(=S)c1ccccc1. The molecule has 0 amide bonds. The van der Waals surface area contributed by atoms with E-state index in [0.717, 1.165) is 11.1 Å². The fraction of sp³-hybridized carbons (Fsp3) is 0.238. The molecule has 0 N–H and O–H groups in total. The molecule has 2 rings (SSSR count). The van der Waals surface area contributed by atoms with Crippen molar-refractivity contribution in [2.45, 2.75) is 6.42 Å². The molecule has 0 radical (unpaired) electrons. The Labute approximate surface area is 189 Å². The lowest BCUT2D eigenvalue weighted by molar-refractivity contribution is -0.142. The van der Waals surface area contributed by atoms with E-state index in [1.54, 1.807) is 0 Å². The Morgan fingerprint density at radius 2 is 1.07 bits per heavy atom. The minimum Gasteiger partial charge on any atom is -0.465 e. The van der Waals surface area contributed by atoms with Crippen molar-refractivity contribution in [1.82, 2.24) is 0 Å². The van der Waals surface area contributed by atoms with Crippen LogP contribution in [0.3, 0.4) is 0 Å². The van der Waals surface area contributed by atoms with Crippen molar-refractivity contribution in [2.75, 3.05) is 24.7 Å². The fourth-order valence-electron chi connectivity index (χ4n) is 2.08. The molecule has 0 aliphatic rings. The lowest BCUT2D eigenvalue weighted by atomic mass is 10.2. The minimum atomic E-state index is -0.344. The Bertz CT molecular complexity index is 756. The summed E-state index contributed by atoms with van der Waals surface area (Å²) in [6, 6.07) is 19.0. The third-order valence-corrected chi connectivity index (χ3v) is 6.41. The molecule has 8 heteroatoms. The summed E-state index contributed by atoms with van der Waals surface area (Å²) in [6.07, 6.45) is 0.444. The first kappa shape index (κ1) is 23.5. The summed E-state index contributed by atoms with van der Waals surface area (Å²) >= 11 is 13.1. The van der Waals surface area contributed by atoms with Gasteiger partial charge in [0, 0.05) is 6.42 Å². The Kier molecular flexibility index (Phi) is 10.9. The van der Waals surface area contributed by atoms with E-state index in [1.807, 2.05) is 60.7 Å². The van der Waals surface area contributed by atoms with Crippen LogP contribution in [0.2, 0.25) is 0 Å². The summed E-state index contributed by atoms with van der Waals surface area (Å²) in [5, 5.41) is 0. The predicted molar refractivity (Wildman–Crippen MR) is 128 cm³/mol. The molecule has 2 aromatic rings. The molecule has 0 heterocycles. The van der Waals surface area contributed by atoms with E-state index < -0.39 is 0 Å². The number of benzene rings is 2. The summed E-state index contributed by atoms with van der Waals surface area (Å²) in [4.78, 5) is 23.5. The van der Waals surface area contributed by atoms with Crippen molar-refractivity contribution in [2.24, 2.45) is 0 Å². The summed E-state index contributed by atoms with van der Waals surface area (Å²) in [6.45, 7) is 0.390. The first-order valence-electron chi connectivity index (χ1n) is 8.82. The van der Waals surface area contributed by atoms with Gasteiger partial charge < -0.3 is 9.47 Å². The zero-order chi connectivity index (χ0) is 20.9. The number of thiocarbonyl (C=S) groups is 2. The van der Waals surface area contributed by atoms with Gasteiger partial charge in [-0.05, 0) is 11.1 Å². The van der Waals surface area contributed by atoms with Crippen molar-refractivity contribution in [3.8, 4) is 0 Å². The zero-order valence-electron chi connectivity index (χ0n) is 15.6. The Hall–Kier alpha value is -1.74. The second-order valence-corrected chi connectivity index (χ2v) is 8.98. The topological polar surface area (TPSA) is 52.6 Å². The normalized spacial score (nSPS) is 10.2. The lowest BCUT2D eigenvalue weighted by Gasteiger charge is -2.07. The number of ether oxygens (including phenoxy) is 2. The molecular formula is C21H20O4S4. The molecule has 0 fully saturated rings. The van der Waals surface area contributed by atoms with Crippen LogP contribution in [0.25, 0.3) is 0 Å². The second kappa shape index (κ2) is 13.5. The Morgan fingerprint density at radius 1 is 0.690 bits per heavy atom. The molecule has 0 aromatic heterocycles. The molecule has 0 aliphatic heterocycles. The van der Waals surface area contributed by atoms with Crippen molar-refractivity contribution < 1.29 is 19.1 Å². The first-order chi connectivity index (χ1) is 14.1. The van der Waals surface area contributed by atoms with Gasteiger partial charge in [-0.3, -0.25) is 9.59 Å². The van der Waals surface area contributed by atoms with Gasteiger partial charge in [-0.1, -0.05) is 85.1 Å². The predicted octanol–water partition coefficient (Wildman–Crippen LogP) is 4.68. The molecule has 0 aliphatic carbocycles. The van der Waals surface area contributed by atoms with Gasteiger partial charge in [0.15, 0.2) is 0 Å². The minimum absolute atomic E-state index is 0.154. The van der Waals surface area contributed by atoms with E-state index in [2.05, 4.69) is 0 Å². The highest BCUT2D eigenvalue weighted by molar-refractivity contribution is 8.24. The monoisotopic (exact) mass is 464 g/mol. The standard InChI is InChI=1S/C21H20O4S4/c22-18(14-28-20(26)16-8-3-1-4-9-16)24-12-7-13-25-19(23)15-29-21(27)17-10-5-2-6-11-17/h1-6,8-11H,7,12-15H2. The van der Waals surface area contributed by atoms with Crippen LogP contribution in [-0.2, 0) is 19.1 Å². The van der Waals surface area contributed by atoms with Crippen LogP contribution in [-0.4, -0.2) is 45.1 Å². The molecule has 29 heavy (non-hydrogen) atoms. The number of hydrogen-bond acceptors (Lipinski definition) is 8. The first-order valence-corrected chi connectivity index (χ1v) is 11.6. The van der Waals surface area contributed by atoms with Gasteiger partial charge in [0.2, 0.25) is 0 Å². The molecule has 0 bridgehead atoms. The Balaban J connectivity index is 1.51. The summed E-state index contributed by atoms with van der Waals surface area (Å²) in [7, 11) is 0. The van der Waals surface area contributed by atoms with Crippen LogP contribution < -0.4 is 0 Å². The number of rotatable bonds is 10. The maximum atomic E-state index is 11.8. The van der Waals surface area contributed by atoms with Crippen molar-refractivity contribution >= 4 is 68.3 Å². The smallest absolute Gasteiger partial charge is 0.316 e. The van der Waals surface area contributed by atoms with E-state index in [9.17, 15) is 9.59 Å². The van der Waals surface area contributed by atoms with E-state index in [4.69, 9.17) is 33.9 Å². The van der Waals surface area contributed by atoms with Crippen LogP contribution in [0.15, 0.2) is 60.7 Å². The van der Waals surface area contributed by atoms with Crippen molar-refractivity contribution in [3.05, 3.63) is 71.8 Å². The molecule has 4 nitrogen and oxygen atoms in total. The number of esters is 2. The largest absolute Gasteiger partial charge is 0.465 e. The fourth-order valence-corrected chi connectivity index (χ4v) is 3.97. The van der Waals surface area contributed by atoms with Crippen molar-refractivity contribution in [1.29, 1.82) is 0 Å². The van der Waals surface area contributed by atoms with Crippen LogP contribution in [0.5, 0.6) is 0 Å². The van der Waals surface area contributed by atoms with Crippen molar-refractivity contribution in [3.63, 3.8) is 0 Å². The summed E-state index contributed by atoms with van der Waals surface area (Å²) < 4.78 is 11.6. The maximum absolute atomic E-state index is 11.8. The molecule has 0 atom stereocenters. The van der Waals surface area contributed by atoms with Crippen LogP contribution in [0, 0.1) is 0 Å². The van der Waals surface area contributed by atoms with Gasteiger partial charge in [-0.15, -0.1) is 23.5 Å². The van der Waals surface area contributed by atoms with E-state index in [0.29, 0.717) is 14.8 Å². The average Bonchev–Trinajstić information content (AvgIpc) is 2.76. The molecule has 0 unspecified atom stereocenters. The third kappa shape index (κ3) is 9.54. The van der Waals surface area contributed by atoms with Gasteiger partial charge in [0.1, 0.15) is 0 Å². The zero-order valence-corrected chi connectivity index (χ0v) is 18.8. The van der Waals surface area contributed by atoms with E-state index in [-0.39, 0.29) is 36.7 Å². The molecule has 0 spiro atoms. The summed E-state index contributed by atoms with van der Waals surface area (Å²) in [5.74, 6) is -0.380. The molecule has 0 saturated carbocycles. The number of carbonyl (C=O) groups is 2. The summed E-state index contributed by atoms with van der Waals surface area (Å²) in [5.41, 5.74) is 1.83. The highest BCUT2D eigenvalue weighted by atomic mass is 32.2. The number of hydrogen-bond donors (Lipinski definition) is 0. The molecule has 152 valence electrons. The molecule has 2 aromatic carbocycles. The highest BCUT2D eigenvalue weighted by Gasteiger charge is 2.09. The van der Waals surface area contributed by atoms with Crippen LogP contribution >= 0.6 is 48.0 Å². The second-order valence-electron chi connectivity index (χ2n) is 5.68. The van der Waals surface area contributed by atoms with Gasteiger partial charge in [-0.2, -0.15) is 0 Å². The van der Waals surface area contributed by atoms with E-state index >= 15 is 0 Å².